The van der Waals surface area contributed by atoms with Crippen molar-refractivity contribution >= 4 is 11.6 Å². The van der Waals surface area contributed by atoms with Gasteiger partial charge in [0.2, 0.25) is 0 Å². The number of likely N-dealkylation sites (tertiary alicyclic amines) is 1. The van der Waals surface area contributed by atoms with Crippen LogP contribution in [0.2, 0.25) is 0 Å². The van der Waals surface area contributed by atoms with Gasteiger partial charge in [0.1, 0.15) is 0 Å². The Balaban J connectivity index is 2.15. The molecule has 1 aromatic rings. The van der Waals surface area contributed by atoms with E-state index in [4.69, 9.17) is 0 Å². The summed E-state index contributed by atoms with van der Waals surface area (Å²) >= 11 is 0. The molecule has 0 unspecified atom stereocenters. The van der Waals surface area contributed by atoms with E-state index >= 15 is 0 Å². The Hall–Kier alpha value is -2.16. The van der Waals surface area contributed by atoms with Crippen LogP contribution in [-0.2, 0) is 0 Å². The lowest BCUT2D eigenvalue weighted by atomic mass is 9.90. The molecule has 1 heterocycles. The number of nitrogens with zero attached hydrogens (tertiary/aromatic N) is 2. The third kappa shape index (κ3) is 3.29. The number of hydrogen-bond acceptors (Lipinski definition) is 4. The van der Waals surface area contributed by atoms with Crippen molar-refractivity contribution in [2.45, 2.75) is 31.5 Å². The summed E-state index contributed by atoms with van der Waals surface area (Å²) in [6.45, 7) is 0.990. The second-order valence-corrected chi connectivity index (χ2v) is 5.58. The normalized spacial score (nSPS) is 17.9. The van der Waals surface area contributed by atoms with E-state index < -0.39 is 35.4 Å². The van der Waals surface area contributed by atoms with Gasteiger partial charge in [-0.05, 0) is 13.0 Å². The van der Waals surface area contributed by atoms with E-state index in [-0.39, 0.29) is 24.3 Å². The van der Waals surface area contributed by atoms with Crippen LogP contribution in [0.3, 0.4) is 0 Å². The number of halogens is 3. The van der Waals surface area contributed by atoms with Gasteiger partial charge in [-0.15, -0.1) is 0 Å². The highest BCUT2D eigenvalue weighted by Gasteiger charge is 2.54. The van der Waals surface area contributed by atoms with E-state index in [2.05, 4.69) is 0 Å². The molecule has 2 rings (SSSR count). The molecular formula is C14H15F3N2O4. The van der Waals surface area contributed by atoms with Crippen LogP contribution in [0.1, 0.15) is 28.8 Å². The van der Waals surface area contributed by atoms with Crippen LogP contribution < -0.4 is 0 Å². The Morgan fingerprint density at radius 1 is 1.35 bits per heavy atom. The van der Waals surface area contributed by atoms with Gasteiger partial charge < -0.3 is 10.0 Å². The molecule has 0 radical (unpaired) electrons. The molecule has 9 heteroatoms. The molecule has 126 valence electrons. The number of amides is 1. The van der Waals surface area contributed by atoms with E-state index in [1.165, 1.54) is 19.1 Å². The Kier molecular flexibility index (Phi) is 4.34. The summed E-state index contributed by atoms with van der Waals surface area (Å²) in [5.41, 5.74) is -2.58. The number of aliphatic hydroxyl groups is 1. The third-order valence-electron chi connectivity index (χ3n) is 4.06. The van der Waals surface area contributed by atoms with Crippen molar-refractivity contribution in [3.8, 4) is 0 Å². The van der Waals surface area contributed by atoms with Crippen LogP contribution in [0.5, 0.6) is 0 Å². The fourth-order valence-corrected chi connectivity index (χ4v) is 2.48. The molecule has 1 N–H and O–H groups in total. The quantitative estimate of drug-likeness (QED) is 0.666. The van der Waals surface area contributed by atoms with E-state index in [9.17, 15) is 33.2 Å². The number of piperidine rings is 1. The average Bonchev–Trinajstić information content (AvgIpc) is 2.46. The first kappa shape index (κ1) is 17.2. The van der Waals surface area contributed by atoms with Crippen molar-refractivity contribution in [3.05, 3.63) is 39.4 Å². The SMILES string of the molecule is Cc1ccc(C(=O)N2CCC(O)(C(F)(F)F)CC2)cc1[N+](=O)[O-]. The molecule has 6 nitrogen and oxygen atoms in total. The molecule has 1 aliphatic heterocycles. The summed E-state index contributed by atoms with van der Waals surface area (Å²) in [5, 5.41) is 20.5. The van der Waals surface area contributed by atoms with Crippen molar-refractivity contribution in [1.29, 1.82) is 0 Å². The van der Waals surface area contributed by atoms with Gasteiger partial charge in [-0.25, -0.2) is 0 Å². The maximum Gasteiger partial charge on any atom is 0.417 e. The molecule has 1 aromatic carbocycles. The standard InChI is InChI=1S/C14H15F3N2O4/c1-9-2-3-10(8-11(9)19(22)23)12(20)18-6-4-13(21,5-7-18)14(15,16)17/h2-3,8,21H,4-7H2,1H3. The minimum Gasteiger partial charge on any atom is -0.380 e. The minimum absolute atomic E-state index is 0.0414. The van der Waals surface area contributed by atoms with Gasteiger partial charge in [0.15, 0.2) is 5.60 Å². The number of hydrogen-bond donors (Lipinski definition) is 1. The fourth-order valence-electron chi connectivity index (χ4n) is 2.48. The molecular weight excluding hydrogens is 317 g/mol. The van der Waals surface area contributed by atoms with Gasteiger partial charge in [0, 0.05) is 43.1 Å². The zero-order chi connectivity index (χ0) is 17.4. The van der Waals surface area contributed by atoms with Crippen LogP contribution in [0, 0.1) is 17.0 Å². The van der Waals surface area contributed by atoms with Gasteiger partial charge in [-0.1, -0.05) is 6.07 Å². The molecule has 0 atom stereocenters. The Morgan fingerprint density at radius 3 is 2.39 bits per heavy atom. The number of rotatable bonds is 2. The van der Waals surface area contributed by atoms with Crippen LogP contribution >= 0.6 is 0 Å². The summed E-state index contributed by atoms with van der Waals surface area (Å²) in [5.74, 6) is -0.586. The van der Waals surface area contributed by atoms with Crippen LogP contribution in [0.4, 0.5) is 18.9 Å². The highest BCUT2D eigenvalue weighted by Crippen LogP contribution is 2.38. The number of nitro groups is 1. The van der Waals surface area contributed by atoms with E-state index in [1.807, 2.05) is 0 Å². The number of nitro benzene ring substituents is 1. The molecule has 1 aliphatic rings. The molecule has 0 saturated carbocycles. The van der Waals surface area contributed by atoms with E-state index in [0.29, 0.717) is 5.56 Å². The van der Waals surface area contributed by atoms with Gasteiger partial charge in [-0.3, -0.25) is 14.9 Å². The molecule has 23 heavy (non-hydrogen) atoms. The van der Waals surface area contributed by atoms with Crippen LogP contribution in [-0.4, -0.2) is 45.7 Å². The van der Waals surface area contributed by atoms with Crippen molar-refractivity contribution < 1.29 is 28.0 Å². The summed E-state index contributed by atoms with van der Waals surface area (Å²) in [6, 6.07) is 3.93. The number of carbonyl (C=O) groups excluding carboxylic acids is 1. The number of carbonyl (C=O) groups is 1. The summed E-state index contributed by atoms with van der Waals surface area (Å²) in [4.78, 5) is 23.7. The molecule has 0 aliphatic carbocycles. The highest BCUT2D eigenvalue weighted by molar-refractivity contribution is 5.95. The van der Waals surface area contributed by atoms with Gasteiger partial charge in [-0.2, -0.15) is 13.2 Å². The van der Waals surface area contributed by atoms with Crippen molar-refractivity contribution in [3.63, 3.8) is 0 Å². The third-order valence-corrected chi connectivity index (χ3v) is 4.06. The van der Waals surface area contributed by atoms with Crippen molar-refractivity contribution in [1.82, 2.24) is 4.90 Å². The maximum atomic E-state index is 12.7. The summed E-state index contributed by atoms with van der Waals surface area (Å²) in [7, 11) is 0. The minimum atomic E-state index is -4.75. The zero-order valence-corrected chi connectivity index (χ0v) is 12.3. The topological polar surface area (TPSA) is 83.7 Å². The highest BCUT2D eigenvalue weighted by atomic mass is 19.4. The van der Waals surface area contributed by atoms with E-state index in [0.717, 1.165) is 11.0 Å². The van der Waals surface area contributed by atoms with Crippen LogP contribution in [0.15, 0.2) is 18.2 Å². The molecule has 0 aromatic heterocycles. The molecule has 0 bridgehead atoms. The predicted octanol–water partition coefficient (Wildman–Crippen LogP) is 2.43. The van der Waals surface area contributed by atoms with Crippen molar-refractivity contribution in [2.75, 3.05) is 13.1 Å². The Morgan fingerprint density at radius 2 is 1.91 bits per heavy atom. The summed E-state index contributed by atoms with van der Waals surface area (Å²) in [6.07, 6.45) is -5.98. The average molecular weight is 332 g/mol. The number of alkyl halides is 3. The lowest BCUT2D eigenvalue weighted by molar-refractivity contribution is -0.385. The number of aryl methyl sites for hydroxylation is 1. The lowest BCUT2D eigenvalue weighted by Gasteiger charge is -2.39. The zero-order valence-electron chi connectivity index (χ0n) is 12.3. The monoisotopic (exact) mass is 332 g/mol. The Bertz CT molecular complexity index is 637. The first-order chi connectivity index (χ1) is 10.5. The molecule has 0 spiro atoms. The predicted molar refractivity (Wildman–Crippen MR) is 74.0 cm³/mol. The maximum absolute atomic E-state index is 12.7. The molecule has 1 amide bonds. The molecule has 1 saturated heterocycles. The van der Waals surface area contributed by atoms with Gasteiger partial charge in [0.25, 0.3) is 11.6 Å². The fraction of sp³-hybridized carbons (Fsp3) is 0.500. The largest absolute Gasteiger partial charge is 0.417 e. The lowest BCUT2D eigenvalue weighted by Crippen LogP contribution is -2.54. The first-order valence-electron chi connectivity index (χ1n) is 6.88. The second-order valence-electron chi connectivity index (χ2n) is 5.58. The van der Waals surface area contributed by atoms with Gasteiger partial charge in [0.05, 0.1) is 4.92 Å². The second kappa shape index (κ2) is 5.80. The van der Waals surface area contributed by atoms with Gasteiger partial charge >= 0.3 is 6.18 Å². The smallest absolute Gasteiger partial charge is 0.380 e. The van der Waals surface area contributed by atoms with E-state index in [1.54, 1.807) is 0 Å². The van der Waals surface area contributed by atoms with Crippen LogP contribution in [0.25, 0.3) is 0 Å². The summed E-state index contributed by atoms with van der Waals surface area (Å²) < 4.78 is 38.2. The molecule has 1 fully saturated rings. The van der Waals surface area contributed by atoms with Crippen molar-refractivity contribution in [2.24, 2.45) is 0 Å². The first-order valence-corrected chi connectivity index (χ1v) is 6.88. The number of benzene rings is 1. The Labute approximate surface area is 129 Å².